The van der Waals surface area contributed by atoms with Crippen LogP contribution in [0.1, 0.15) is 127 Å². The molecule has 1 amide bonds. The summed E-state index contributed by atoms with van der Waals surface area (Å²) in [6, 6.07) is 10.0. The van der Waals surface area contributed by atoms with E-state index in [9.17, 15) is 14.7 Å². The number of hydrogen-bond acceptors (Lipinski definition) is 6. The van der Waals surface area contributed by atoms with E-state index in [0.717, 1.165) is 47.1 Å². The lowest BCUT2D eigenvalue weighted by molar-refractivity contribution is -0.123. The zero-order valence-corrected chi connectivity index (χ0v) is 29.9. The maximum Gasteiger partial charge on any atom is 0.336 e. The molecule has 256 valence electrons. The van der Waals surface area contributed by atoms with Crippen LogP contribution in [-0.2, 0) is 10.2 Å². The third-order valence-electron chi connectivity index (χ3n) is 10.0. The Balaban J connectivity index is 0.000000582. The number of pyridine rings is 2. The number of nitrogens with one attached hydrogen (secondary N) is 1. The van der Waals surface area contributed by atoms with E-state index in [1.807, 2.05) is 35.4 Å². The van der Waals surface area contributed by atoms with E-state index in [1.165, 1.54) is 38.2 Å². The molecule has 0 atom stereocenters. The molecule has 1 fully saturated rings. The number of benzene rings is 1. The van der Waals surface area contributed by atoms with Crippen molar-refractivity contribution in [1.82, 2.24) is 19.5 Å². The van der Waals surface area contributed by atoms with E-state index in [2.05, 4.69) is 62.0 Å². The van der Waals surface area contributed by atoms with Crippen molar-refractivity contribution in [3.8, 4) is 11.3 Å². The zero-order chi connectivity index (χ0) is 34.7. The van der Waals surface area contributed by atoms with Gasteiger partial charge in [-0.05, 0) is 82.7 Å². The van der Waals surface area contributed by atoms with Crippen LogP contribution >= 0.6 is 0 Å². The molecule has 1 aliphatic heterocycles. The van der Waals surface area contributed by atoms with Gasteiger partial charge in [-0.25, -0.2) is 19.7 Å². The number of carboxylic acid groups (broad SMARTS) is 1. The predicted octanol–water partition coefficient (Wildman–Crippen LogP) is 9.61. The van der Waals surface area contributed by atoms with Gasteiger partial charge in [0, 0.05) is 29.5 Å². The molecule has 9 nitrogen and oxygen atoms in total. The van der Waals surface area contributed by atoms with Gasteiger partial charge in [0.05, 0.1) is 28.5 Å². The van der Waals surface area contributed by atoms with E-state index < -0.39 is 11.4 Å². The highest BCUT2D eigenvalue weighted by Gasteiger charge is 2.49. The third kappa shape index (κ3) is 6.82. The molecule has 2 aliphatic rings. The summed E-state index contributed by atoms with van der Waals surface area (Å²) < 4.78 is 2.03. The average molecular weight is 653 g/mol. The largest absolute Gasteiger partial charge is 0.478 e. The van der Waals surface area contributed by atoms with Crippen LogP contribution in [0, 0.1) is 12.8 Å². The van der Waals surface area contributed by atoms with Crippen LogP contribution < -0.4 is 10.2 Å². The summed E-state index contributed by atoms with van der Waals surface area (Å²) in [6.45, 7) is 16.6. The lowest BCUT2D eigenvalue weighted by atomic mass is 9.77. The van der Waals surface area contributed by atoms with Gasteiger partial charge >= 0.3 is 5.97 Å². The number of hydrogen-bond donors (Lipinski definition) is 2. The smallest absolute Gasteiger partial charge is 0.336 e. The van der Waals surface area contributed by atoms with E-state index in [0.29, 0.717) is 28.8 Å². The number of carboxylic acids is 1. The molecule has 1 saturated carbocycles. The number of aryl methyl sites for hydroxylation is 1. The van der Waals surface area contributed by atoms with Crippen molar-refractivity contribution in [3.05, 3.63) is 59.5 Å². The number of carbonyl (C=O) groups excluding carboxylic acids is 1. The SMILES string of the molecule is CCC1CC(N2C(=O)C(C)(C)c3ccc(-c4cc5ncn(C(C)C)c5c(Nc5cc(C(=O)O)c(C)cn5)n4)cc32)C1.CCCCCCC. The molecule has 4 aromatic rings. The minimum atomic E-state index is -1.01. The number of rotatable bonds is 11. The van der Waals surface area contributed by atoms with E-state index >= 15 is 0 Å². The first-order chi connectivity index (χ1) is 22.9. The van der Waals surface area contributed by atoms with Gasteiger partial charge in [-0.15, -0.1) is 0 Å². The van der Waals surface area contributed by atoms with Crippen LogP contribution in [0.25, 0.3) is 22.3 Å². The number of carbonyl (C=O) groups is 2. The highest BCUT2D eigenvalue weighted by Crippen LogP contribution is 2.48. The Morgan fingerprint density at radius 1 is 1.04 bits per heavy atom. The summed E-state index contributed by atoms with van der Waals surface area (Å²) >= 11 is 0. The molecular weight excluding hydrogens is 600 g/mol. The summed E-state index contributed by atoms with van der Waals surface area (Å²) in [5.41, 5.74) is 5.35. The predicted molar refractivity (Wildman–Crippen MR) is 194 cm³/mol. The number of fused-ring (bicyclic) bond motifs is 2. The van der Waals surface area contributed by atoms with Gasteiger partial charge in [-0.2, -0.15) is 0 Å². The summed E-state index contributed by atoms with van der Waals surface area (Å²) in [5, 5.41) is 12.9. The van der Waals surface area contributed by atoms with Crippen LogP contribution in [-0.4, -0.2) is 42.5 Å². The molecule has 2 N–H and O–H groups in total. The summed E-state index contributed by atoms with van der Waals surface area (Å²) in [7, 11) is 0. The molecular formula is C39H52N6O3. The Hall–Kier alpha value is -4.27. The number of nitrogens with zero attached hydrogens (tertiary/aromatic N) is 5. The first kappa shape index (κ1) is 35.0. The molecule has 6 rings (SSSR count). The number of amides is 1. The average Bonchev–Trinajstić information content (AvgIpc) is 3.55. The lowest BCUT2D eigenvalue weighted by Gasteiger charge is -2.41. The summed E-state index contributed by atoms with van der Waals surface area (Å²) in [4.78, 5) is 41.5. The molecule has 0 spiro atoms. The second-order valence-corrected chi connectivity index (χ2v) is 14.3. The van der Waals surface area contributed by atoms with Crippen LogP contribution in [0.15, 0.2) is 42.9 Å². The van der Waals surface area contributed by atoms with Crippen LogP contribution in [0.3, 0.4) is 0 Å². The highest BCUT2D eigenvalue weighted by molar-refractivity contribution is 6.08. The van der Waals surface area contributed by atoms with Crippen molar-refractivity contribution >= 4 is 40.2 Å². The number of anilines is 3. The van der Waals surface area contributed by atoms with Crippen molar-refractivity contribution in [3.63, 3.8) is 0 Å². The van der Waals surface area contributed by atoms with Crippen LogP contribution in [0.4, 0.5) is 17.3 Å². The van der Waals surface area contributed by atoms with Crippen molar-refractivity contribution < 1.29 is 14.7 Å². The van der Waals surface area contributed by atoms with Gasteiger partial charge < -0.3 is 19.9 Å². The first-order valence-corrected chi connectivity index (χ1v) is 17.7. The molecule has 9 heteroatoms. The van der Waals surface area contributed by atoms with Crippen molar-refractivity contribution in [2.75, 3.05) is 10.2 Å². The van der Waals surface area contributed by atoms with Gasteiger partial charge in [0.15, 0.2) is 5.82 Å². The van der Waals surface area contributed by atoms with Gasteiger partial charge in [-0.3, -0.25) is 4.79 Å². The Kier molecular flexibility index (Phi) is 10.6. The minimum absolute atomic E-state index is 0.130. The number of aromatic carboxylic acids is 1. The Morgan fingerprint density at radius 3 is 2.38 bits per heavy atom. The molecule has 1 aromatic carbocycles. The number of unbranched alkanes of at least 4 members (excludes halogenated alkanes) is 4. The fourth-order valence-electron chi connectivity index (χ4n) is 6.86. The number of imidazole rings is 1. The normalized spacial score (nSPS) is 18.0. The van der Waals surface area contributed by atoms with Gasteiger partial charge in [0.1, 0.15) is 11.3 Å². The summed E-state index contributed by atoms with van der Waals surface area (Å²) in [6.07, 6.45) is 13.6. The monoisotopic (exact) mass is 652 g/mol. The fourth-order valence-corrected chi connectivity index (χ4v) is 6.86. The van der Waals surface area contributed by atoms with Crippen molar-refractivity contribution in [1.29, 1.82) is 0 Å². The molecule has 1 aliphatic carbocycles. The molecule has 3 aromatic heterocycles. The maximum absolute atomic E-state index is 13.6. The van der Waals surface area contributed by atoms with E-state index in [4.69, 9.17) is 4.98 Å². The van der Waals surface area contributed by atoms with E-state index in [-0.39, 0.29) is 23.6 Å². The molecule has 4 heterocycles. The molecule has 0 bridgehead atoms. The second kappa shape index (κ2) is 14.5. The van der Waals surface area contributed by atoms with Gasteiger partial charge in [0.25, 0.3) is 0 Å². The fraction of sp³-hybridized carbons (Fsp3) is 0.513. The molecule has 0 unspecified atom stereocenters. The maximum atomic E-state index is 13.6. The quantitative estimate of drug-likeness (QED) is 0.155. The van der Waals surface area contributed by atoms with Crippen LogP contribution in [0.2, 0.25) is 0 Å². The van der Waals surface area contributed by atoms with Crippen molar-refractivity contribution in [2.24, 2.45) is 5.92 Å². The molecule has 0 saturated heterocycles. The Morgan fingerprint density at radius 2 is 1.75 bits per heavy atom. The molecule has 0 radical (unpaired) electrons. The van der Waals surface area contributed by atoms with E-state index in [1.54, 1.807) is 19.4 Å². The minimum Gasteiger partial charge on any atom is -0.478 e. The number of aromatic nitrogens is 4. The Bertz CT molecular complexity index is 1780. The topological polar surface area (TPSA) is 113 Å². The standard InChI is InChI=1S/C32H36N6O3.C7H16/c1-7-19-10-21(11-19)38-26-12-20(8-9-23(26)32(5,6)31(38)41)24-14-25-28(37(16-34-25)17(2)3)29(35-24)36-27-13-22(30(39)40)18(4)15-33-27;1-3-5-7-6-4-2/h8-9,12-17,19,21H,7,10-11H2,1-6H3,(H,39,40)(H,33,35,36);3-7H2,1-2H3. The molecule has 48 heavy (non-hydrogen) atoms. The third-order valence-corrected chi connectivity index (χ3v) is 10.0. The highest BCUT2D eigenvalue weighted by atomic mass is 16.4. The Labute approximate surface area is 285 Å². The second-order valence-electron chi connectivity index (χ2n) is 14.3. The summed E-state index contributed by atoms with van der Waals surface area (Å²) in [5.74, 6) is 0.747. The van der Waals surface area contributed by atoms with Crippen molar-refractivity contribution in [2.45, 2.75) is 124 Å². The zero-order valence-electron chi connectivity index (χ0n) is 29.9. The first-order valence-electron chi connectivity index (χ1n) is 17.7. The van der Waals surface area contributed by atoms with Crippen LogP contribution in [0.5, 0.6) is 0 Å². The lowest BCUT2D eigenvalue weighted by Crippen LogP contribution is -2.49. The van der Waals surface area contributed by atoms with Gasteiger partial charge in [0.2, 0.25) is 5.91 Å². The van der Waals surface area contributed by atoms with Gasteiger partial charge in [-0.1, -0.05) is 71.4 Å².